The molecule has 1 aliphatic heterocycles. The molecule has 2 aliphatic rings. The van der Waals surface area contributed by atoms with Gasteiger partial charge < -0.3 is 20.1 Å². The number of amides is 2. The summed E-state index contributed by atoms with van der Waals surface area (Å²) in [6, 6.07) is 0.260. The van der Waals surface area contributed by atoms with Crippen molar-refractivity contribution in [2.45, 2.75) is 64.8 Å². The Balaban J connectivity index is 1.29. The van der Waals surface area contributed by atoms with E-state index in [0.29, 0.717) is 12.6 Å². The Morgan fingerprint density at radius 2 is 2.08 bits per heavy atom. The number of nitrogens with one attached hydrogen (secondary N) is 2. The first-order chi connectivity index (χ1) is 12.1. The molecule has 1 aromatic heterocycles. The smallest absolute Gasteiger partial charge is 0.315 e. The summed E-state index contributed by atoms with van der Waals surface area (Å²) in [7, 11) is 0. The first-order valence-corrected chi connectivity index (χ1v) is 9.80. The number of hydrogen-bond donors (Lipinski definition) is 2. The highest BCUT2D eigenvalue weighted by Gasteiger charge is 2.26. The molecule has 0 aromatic carbocycles. The zero-order valence-corrected chi connectivity index (χ0v) is 15.6. The minimum Gasteiger partial charge on any atom is -0.361 e. The van der Waals surface area contributed by atoms with E-state index in [9.17, 15) is 4.79 Å². The summed E-state index contributed by atoms with van der Waals surface area (Å²) in [6.07, 6.45) is 8.43. The number of likely N-dealkylation sites (tertiary alicyclic amines) is 1. The van der Waals surface area contributed by atoms with Gasteiger partial charge in [-0.1, -0.05) is 18.0 Å². The quantitative estimate of drug-likeness (QED) is 0.744. The number of urea groups is 1. The van der Waals surface area contributed by atoms with Gasteiger partial charge in [-0.3, -0.25) is 0 Å². The Kier molecular flexibility index (Phi) is 6.34. The highest BCUT2D eigenvalue weighted by atomic mass is 16.5. The second-order valence-electron chi connectivity index (χ2n) is 7.70. The van der Waals surface area contributed by atoms with Gasteiger partial charge in [0.1, 0.15) is 5.76 Å². The number of aromatic nitrogens is 1. The molecule has 6 nitrogen and oxygen atoms in total. The lowest BCUT2D eigenvalue weighted by Crippen LogP contribution is -2.43. The Morgan fingerprint density at radius 1 is 1.28 bits per heavy atom. The summed E-state index contributed by atoms with van der Waals surface area (Å²) in [5, 5.41) is 10.1. The summed E-state index contributed by atoms with van der Waals surface area (Å²) in [4.78, 5) is 14.6. The molecule has 140 valence electrons. The summed E-state index contributed by atoms with van der Waals surface area (Å²) < 4.78 is 5.17. The number of carbonyl (C=O) groups excluding carboxylic acids is 1. The number of hydrogen-bond acceptors (Lipinski definition) is 4. The lowest BCUT2D eigenvalue weighted by Gasteiger charge is -2.20. The topological polar surface area (TPSA) is 70.4 Å². The van der Waals surface area contributed by atoms with Gasteiger partial charge >= 0.3 is 6.03 Å². The fourth-order valence-corrected chi connectivity index (χ4v) is 4.24. The minimum absolute atomic E-state index is 0.0357. The monoisotopic (exact) mass is 348 g/mol. The van der Waals surface area contributed by atoms with Crippen molar-refractivity contribution in [2.75, 3.05) is 26.2 Å². The van der Waals surface area contributed by atoms with Crippen molar-refractivity contribution in [1.29, 1.82) is 0 Å². The average Bonchev–Trinajstić information content (AvgIpc) is 3.30. The molecule has 1 saturated carbocycles. The standard InChI is InChI=1S/C19H32N4O2/c1-14-18(15(2)25-22-14)8-5-10-20-19(24)21-17-9-11-23(13-17)12-16-6-3-4-7-16/h16-17H,3-13H2,1-2H3,(H2,20,21,24)/t17-/m0/s1. The van der Waals surface area contributed by atoms with Crippen molar-refractivity contribution in [2.24, 2.45) is 5.92 Å². The van der Waals surface area contributed by atoms with E-state index in [-0.39, 0.29) is 6.03 Å². The second-order valence-corrected chi connectivity index (χ2v) is 7.70. The van der Waals surface area contributed by atoms with Gasteiger partial charge in [0.15, 0.2) is 0 Å². The van der Waals surface area contributed by atoms with E-state index in [1.54, 1.807) is 0 Å². The van der Waals surface area contributed by atoms with Gasteiger partial charge in [-0.2, -0.15) is 0 Å². The molecular formula is C19H32N4O2. The highest BCUT2D eigenvalue weighted by Crippen LogP contribution is 2.26. The van der Waals surface area contributed by atoms with Gasteiger partial charge in [0.05, 0.1) is 5.69 Å². The van der Waals surface area contributed by atoms with Crippen LogP contribution in [0.5, 0.6) is 0 Å². The molecule has 2 amide bonds. The van der Waals surface area contributed by atoms with E-state index in [1.807, 2.05) is 13.8 Å². The molecule has 25 heavy (non-hydrogen) atoms. The van der Waals surface area contributed by atoms with Crippen molar-refractivity contribution in [3.63, 3.8) is 0 Å². The Morgan fingerprint density at radius 3 is 2.80 bits per heavy atom. The predicted octanol–water partition coefficient (Wildman–Crippen LogP) is 2.79. The van der Waals surface area contributed by atoms with Crippen molar-refractivity contribution in [1.82, 2.24) is 20.7 Å². The van der Waals surface area contributed by atoms with Crippen LogP contribution in [0.25, 0.3) is 0 Å². The van der Waals surface area contributed by atoms with E-state index in [1.165, 1.54) is 37.8 Å². The molecule has 1 aromatic rings. The number of carbonyl (C=O) groups is 1. The molecule has 0 spiro atoms. The SMILES string of the molecule is Cc1noc(C)c1CCCNC(=O)N[C@H]1CCN(CC2CCCC2)C1. The second kappa shape index (κ2) is 8.70. The van der Waals surface area contributed by atoms with Crippen LogP contribution in [0.4, 0.5) is 4.79 Å². The van der Waals surface area contributed by atoms with Crippen molar-refractivity contribution in [3.05, 3.63) is 17.0 Å². The lowest BCUT2D eigenvalue weighted by molar-refractivity contribution is 0.234. The highest BCUT2D eigenvalue weighted by molar-refractivity contribution is 5.74. The van der Waals surface area contributed by atoms with Gasteiger partial charge in [-0.25, -0.2) is 4.79 Å². The zero-order valence-electron chi connectivity index (χ0n) is 15.6. The normalized spacial score (nSPS) is 21.8. The summed E-state index contributed by atoms with van der Waals surface area (Å²) in [5.41, 5.74) is 2.12. The van der Waals surface area contributed by atoms with Crippen LogP contribution in [-0.2, 0) is 6.42 Å². The zero-order chi connectivity index (χ0) is 17.6. The summed E-state index contributed by atoms with van der Waals surface area (Å²) in [6.45, 7) is 7.92. The van der Waals surface area contributed by atoms with Crippen LogP contribution < -0.4 is 10.6 Å². The molecule has 2 N–H and O–H groups in total. The van der Waals surface area contributed by atoms with Gasteiger partial charge in [0.25, 0.3) is 0 Å². The Labute approximate surface area is 150 Å². The molecule has 3 rings (SSSR count). The summed E-state index contributed by atoms with van der Waals surface area (Å²) in [5.74, 6) is 1.77. The predicted molar refractivity (Wildman–Crippen MR) is 97.6 cm³/mol. The van der Waals surface area contributed by atoms with Gasteiger partial charge in [0, 0.05) is 37.8 Å². The number of nitrogens with zero attached hydrogens (tertiary/aromatic N) is 2. The fourth-order valence-electron chi connectivity index (χ4n) is 4.24. The Bertz CT molecular complexity index is 546. The third kappa shape index (κ3) is 5.21. The van der Waals surface area contributed by atoms with Crippen LogP contribution in [0.15, 0.2) is 4.52 Å². The molecule has 1 saturated heterocycles. The van der Waals surface area contributed by atoms with Crippen LogP contribution in [0.2, 0.25) is 0 Å². The minimum atomic E-state index is -0.0357. The molecule has 2 fully saturated rings. The van der Waals surface area contributed by atoms with Crippen molar-refractivity contribution < 1.29 is 9.32 Å². The van der Waals surface area contributed by atoms with Crippen molar-refractivity contribution in [3.8, 4) is 0 Å². The molecule has 1 aliphatic carbocycles. The molecular weight excluding hydrogens is 316 g/mol. The molecule has 6 heteroatoms. The maximum atomic E-state index is 12.1. The average molecular weight is 348 g/mol. The molecule has 2 heterocycles. The maximum absolute atomic E-state index is 12.1. The molecule has 0 unspecified atom stereocenters. The molecule has 0 radical (unpaired) electrons. The maximum Gasteiger partial charge on any atom is 0.315 e. The number of rotatable bonds is 7. The van der Waals surface area contributed by atoms with Gasteiger partial charge in [0.2, 0.25) is 0 Å². The van der Waals surface area contributed by atoms with E-state index >= 15 is 0 Å². The van der Waals surface area contributed by atoms with Crippen LogP contribution >= 0.6 is 0 Å². The van der Waals surface area contributed by atoms with E-state index < -0.39 is 0 Å². The third-order valence-corrected chi connectivity index (χ3v) is 5.67. The molecule has 1 atom stereocenters. The Hall–Kier alpha value is -1.56. The number of aryl methyl sites for hydroxylation is 2. The van der Waals surface area contributed by atoms with Crippen LogP contribution in [0, 0.1) is 19.8 Å². The first kappa shape index (κ1) is 18.2. The van der Waals surface area contributed by atoms with Gasteiger partial charge in [-0.15, -0.1) is 0 Å². The van der Waals surface area contributed by atoms with E-state index in [2.05, 4.69) is 20.7 Å². The van der Waals surface area contributed by atoms with Gasteiger partial charge in [-0.05, 0) is 51.9 Å². The van der Waals surface area contributed by atoms with Crippen LogP contribution in [0.1, 0.15) is 55.5 Å². The molecule has 0 bridgehead atoms. The van der Waals surface area contributed by atoms with Crippen LogP contribution in [0.3, 0.4) is 0 Å². The third-order valence-electron chi connectivity index (χ3n) is 5.67. The first-order valence-electron chi connectivity index (χ1n) is 9.80. The fraction of sp³-hybridized carbons (Fsp3) is 0.789. The summed E-state index contributed by atoms with van der Waals surface area (Å²) >= 11 is 0. The van der Waals surface area contributed by atoms with E-state index in [4.69, 9.17) is 4.52 Å². The lowest BCUT2D eigenvalue weighted by atomic mass is 10.1. The van der Waals surface area contributed by atoms with Crippen LogP contribution in [-0.4, -0.2) is 48.3 Å². The van der Waals surface area contributed by atoms with Crippen molar-refractivity contribution >= 4 is 6.03 Å². The largest absolute Gasteiger partial charge is 0.361 e. The van der Waals surface area contributed by atoms with E-state index in [0.717, 1.165) is 49.7 Å².